The highest BCUT2D eigenvalue weighted by atomic mass is 19.1. The highest BCUT2D eigenvalue weighted by molar-refractivity contribution is 5.67. The number of nitrogens with zero attached hydrogens (tertiary/aromatic N) is 4. The third kappa shape index (κ3) is 4.19. The average molecular weight is 411 g/mol. The van der Waals surface area contributed by atoms with Crippen LogP contribution in [-0.2, 0) is 4.74 Å². The van der Waals surface area contributed by atoms with E-state index in [0.717, 1.165) is 34.0 Å². The predicted octanol–water partition coefficient (Wildman–Crippen LogP) is 5.52. The van der Waals surface area contributed by atoms with E-state index < -0.39 is 6.17 Å². The molecule has 4 rings (SSSR count). The van der Waals surface area contributed by atoms with Gasteiger partial charge in [-0.1, -0.05) is 30.3 Å². The molecule has 3 heterocycles. The molecule has 1 aliphatic heterocycles. The first-order chi connectivity index (χ1) is 14.2. The molecule has 160 valence electrons. The van der Waals surface area contributed by atoms with Crippen molar-refractivity contribution in [3.63, 3.8) is 0 Å². The van der Waals surface area contributed by atoms with Crippen molar-refractivity contribution in [3.8, 4) is 11.3 Å². The highest BCUT2D eigenvalue weighted by Gasteiger charge is 2.29. The molecule has 1 atom stereocenters. The number of piperidine rings is 1. The molecule has 1 fully saturated rings. The summed E-state index contributed by atoms with van der Waals surface area (Å²) in [6, 6.07) is 12.1. The summed E-state index contributed by atoms with van der Waals surface area (Å²) in [6.07, 6.45) is 0.168. The summed E-state index contributed by atoms with van der Waals surface area (Å²) in [4.78, 5) is 7.11. The quantitative estimate of drug-likeness (QED) is 0.568. The molecular formula is C24H31FN4O. The van der Waals surface area contributed by atoms with E-state index in [4.69, 9.17) is 14.8 Å². The van der Waals surface area contributed by atoms with Crippen LogP contribution in [0.2, 0.25) is 0 Å². The summed E-state index contributed by atoms with van der Waals surface area (Å²) in [5, 5.41) is 4.92. The normalized spacial score (nSPS) is 16.9. The van der Waals surface area contributed by atoms with E-state index in [2.05, 4.69) is 44.7 Å². The Bertz CT molecular complexity index is 1020. The monoisotopic (exact) mass is 410 g/mol. The molecule has 0 amide bonds. The highest BCUT2D eigenvalue weighted by Crippen LogP contribution is 2.36. The number of fused-ring (bicyclic) bond motifs is 1. The molecular weight excluding hydrogens is 379 g/mol. The number of rotatable bonds is 4. The fourth-order valence-corrected chi connectivity index (χ4v) is 4.29. The molecule has 0 N–H and O–H groups in total. The number of halogens is 1. The second-order valence-corrected chi connectivity index (χ2v) is 9.13. The Morgan fingerprint density at radius 1 is 1.13 bits per heavy atom. The summed E-state index contributed by atoms with van der Waals surface area (Å²) >= 11 is 0. The Balaban J connectivity index is 1.88. The summed E-state index contributed by atoms with van der Waals surface area (Å²) in [5.74, 6) is 0.975. The van der Waals surface area contributed by atoms with Crippen LogP contribution in [0, 0.1) is 6.92 Å². The van der Waals surface area contributed by atoms with Gasteiger partial charge in [0, 0.05) is 36.0 Å². The van der Waals surface area contributed by atoms with Gasteiger partial charge >= 0.3 is 0 Å². The first kappa shape index (κ1) is 20.8. The van der Waals surface area contributed by atoms with Gasteiger partial charge in [0.2, 0.25) is 0 Å². The summed E-state index contributed by atoms with van der Waals surface area (Å²) in [6.45, 7) is 11.6. The molecule has 1 aliphatic rings. The van der Waals surface area contributed by atoms with Crippen molar-refractivity contribution in [1.29, 1.82) is 0 Å². The van der Waals surface area contributed by atoms with Gasteiger partial charge in [-0.3, -0.25) is 0 Å². The largest absolute Gasteiger partial charge is 0.368 e. The van der Waals surface area contributed by atoms with Crippen molar-refractivity contribution >= 4 is 11.5 Å². The van der Waals surface area contributed by atoms with Crippen LogP contribution >= 0.6 is 0 Å². The minimum Gasteiger partial charge on any atom is -0.368 e. The van der Waals surface area contributed by atoms with E-state index in [0.29, 0.717) is 25.9 Å². The van der Waals surface area contributed by atoms with E-state index in [1.54, 1.807) is 0 Å². The molecule has 6 heteroatoms. The van der Waals surface area contributed by atoms with Crippen LogP contribution in [-0.4, -0.2) is 39.5 Å². The summed E-state index contributed by atoms with van der Waals surface area (Å²) in [5.41, 5.74) is 4.40. The van der Waals surface area contributed by atoms with Crippen molar-refractivity contribution in [2.75, 3.05) is 18.0 Å². The maximum absolute atomic E-state index is 13.9. The third-order valence-corrected chi connectivity index (χ3v) is 5.53. The lowest BCUT2D eigenvalue weighted by Crippen LogP contribution is -2.37. The van der Waals surface area contributed by atoms with Crippen LogP contribution in [0.25, 0.3) is 16.9 Å². The standard InChI is InChI=1S/C24H31FN4O/c1-16-22(17(2)30-24(3,4)5)23(28-13-11-19(25)12-14-28)29-21(26-16)15-20(27-29)18-9-7-6-8-10-18/h6-10,15,17,19H,11-14H2,1-5H3. The SMILES string of the molecule is Cc1nc2cc(-c3ccccc3)nn2c(N2CCC(F)CC2)c1C(C)OC(C)(C)C. The Morgan fingerprint density at radius 2 is 1.80 bits per heavy atom. The zero-order valence-electron chi connectivity index (χ0n) is 18.5. The van der Waals surface area contributed by atoms with Crippen LogP contribution < -0.4 is 4.90 Å². The predicted molar refractivity (Wildman–Crippen MR) is 119 cm³/mol. The van der Waals surface area contributed by atoms with Gasteiger partial charge in [0.1, 0.15) is 12.0 Å². The van der Waals surface area contributed by atoms with Gasteiger partial charge in [-0.05, 0) is 47.5 Å². The number of benzene rings is 1. The van der Waals surface area contributed by atoms with Crippen molar-refractivity contribution in [1.82, 2.24) is 14.6 Å². The molecule has 0 radical (unpaired) electrons. The lowest BCUT2D eigenvalue weighted by atomic mass is 10.0. The zero-order valence-corrected chi connectivity index (χ0v) is 18.5. The molecule has 0 aliphatic carbocycles. The number of aromatic nitrogens is 3. The number of anilines is 1. The summed E-state index contributed by atoms with van der Waals surface area (Å²) in [7, 11) is 0. The van der Waals surface area contributed by atoms with E-state index in [1.807, 2.05) is 35.7 Å². The smallest absolute Gasteiger partial charge is 0.158 e. The maximum Gasteiger partial charge on any atom is 0.158 e. The maximum atomic E-state index is 13.9. The van der Waals surface area contributed by atoms with Gasteiger partial charge in [0.25, 0.3) is 0 Å². The number of alkyl halides is 1. The third-order valence-electron chi connectivity index (χ3n) is 5.53. The van der Waals surface area contributed by atoms with Crippen molar-refractivity contribution in [2.24, 2.45) is 0 Å². The molecule has 1 unspecified atom stereocenters. The molecule has 0 spiro atoms. The number of hydrogen-bond acceptors (Lipinski definition) is 4. The molecule has 0 saturated carbocycles. The first-order valence-corrected chi connectivity index (χ1v) is 10.8. The summed E-state index contributed by atoms with van der Waals surface area (Å²) < 4.78 is 22.1. The fourth-order valence-electron chi connectivity index (χ4n) is 4.29. The number of aryl methyl sites for hydroxylation is 1. The van der Waals surface area contributed by atoms with Crippen LogP contribution in [0.3, 0.4) is 0 Å². The van der Waals surface area contributed by atoms with Crippen molar-refractivity contribution < 1.29 is 9.13 Å². The van der Waals surface area contributed by atoms with Gasteiger partial charge in [0.15, 0.2) is 5.65 Å². The fraction of sp³-hybridized carbons (Fsp3) is 0.500. The lowest BCUT2D eigenvalue weighted by Gasteiger charge is -2.35. The molecule has 5 nitrogen and oxygen atoms in total. The molecule has 0 bridgehead atoms. The second kappa shape index (κ2) is 7.99. The molecule has 1 saturated heterocycles. The second-order valence-electron chi connectivity index (χ2n) is 9.13. The molecule has 30 heavy (non-hydrogen) atoms. The minimum atomic E-state index is -0.733. The van der Waals surface area contributed by atoms with Crippen LogP contribution in [0.4, 0.5) is 10.2 Å². The van der Waals surface area contributed by atoms with Crippen LogP contribution in [0.5, 0.6) is 0 Å². The van der Waals surface area contributed by atoms with Gasteiger partial charge < -0.3 is 9.64 Å². The topological polar surface area (TPSA) is 42.7 Å². The first-order valence-electron chi connectivity index (χ1n) is 10.8. The van der Waals surface area contributed by atoms with Crippen LogP contribution in [0.15, 0.2) is 36.4 Å². The molecule has 1 aromatic carbocycles. The average Bonchev–Trinajstić information content (AvgIpc) is 3.10. The lowest BCUT2D eigenvalue weighted by molar-refractivity contribution is -0.0533. The minimum absolute atomic E-state index is 0.163. The Labute approximate surface area is 177 Å². The molecule has 2 aromatic heterocycles. The Hall–Kier alpha value is -2.47. The Morgan fingerprint density at radius 3 is 2.43 bits per heavy atom. The Kier molecular flexibility index (Phi) is 5.53. The van der Waals surface area contributed by atoms with E-state index in [9.17, 15) is 4.39 Å². The van der Waals surface area contributed by atoms with Crippen molar-refractivity contribution in [2.45, 2.75) is 65.3 Å². The number of ether oxygens (including phenoxy) is 1. The van der Waals surface area contributed by atoms with Crippen molar-refractivity contribution in [3.05, 3.63) is 47.7 Å². The zero-order chi connectivity index (χ0) is 21.5. The van der Waals surface area contributed by atoms with E-state index in [1.165, 1.54) is 0 Å². The number of hydrogen-bond donors (Lipinski definition) is 0. The van der Waals surface area contributed by atoms with Gasteiger partial charge in [0.05, 0.1) is 17.4 Å². The van der Waals surface area contributed by atoms with E-state index in [-0.39, 0.29) is 11.7 Å². The van der Waals surface area contributed by atoms with Crippen LogP contribution in [0.1, 0.15) is 57.9 Å². The van der Waals surface area contributed by atoms with Gasteiger partial charge in [-0.25, -0.2) is 9.37 Å². The molecule has 3 aromatic rings. The van der Waals surface area contributed by atoms with Gasteiger partial charge in [-0.2, -0.15) is 9.61 Å². The van der Waals surface area contributed by atoms with Gasteiger partial charge in [-0.15, -0.1) is 0 Å². The van der Waals surface area contributed by atoms with E-state index >= 15 is 0 Å².